The van der Waals surface area contributed by atoms with Crippen molar-refractivity contribution in [3.8, 4) is 11.5 Å². The van der Waals surface area contributed by atoms with E-state index in [1.165, 1.54) is 0 Å². The fourth-order valence-corrected chi connectivity index (χ4v) is 2.01. The molecule has 2 aromatic rings. The molecule has 0 saturated heterocycles. The lowest BCUT2D eigenvalue weighted by Crippen LogP contribution is -2.29. The van der Waals surface area contributed by atoms with E-state index >= 15 is 0 Å². The molecule has 0 saturated carbocycles. The first-order valence-electron chi connectivity index (χ1n) is 8.45. The number of carbonyl (C=O) groups excluding carboxylic acids is 1. The van der Waals surface area contributed by atoms with Crippen molar-refractivity contribution in [3.63, 3.8) is 0 Å². The van der Waals surface area contributed by atoms with Crippen molar-refractivity contribution in [3.05, 3.63) is 61.2 Å². The van der Waals surface area contributed by atoms with Crippen LogP contribution < -0.4 is 4.74 Å². The Labute approximate surface area is 157 Å². The SMILES string of the molecule is C=CC(=O)OC(COCC)COc1ccc(N=Nc2ccc(O)cc2)cc1. The van der Waals surface area contributed by atoms with Crippen LogP contribution in [0.1, 0.15) is 6.92 Å². The Morgan fingerprint density at radius 3 is 2.22 bits per heavy atom. The molecule has 2 aromatic carbocycles. The summed E-state index contributed by atoms with van der Waals surface area (Å²) in [7, 11) is 0. The van der Waals surface area contributed by atoms with Gasteiger partial charge in [0.1, 0.15) is 18.1 Å². The number of azo groups is 1. The molecule has 2 rings (SSSR count). The lowest BCUT2D eigenvalue weighted by molar-refractivity contribution is -0.147. The highest BCUT2D eigenvalue weighted by atomic mass is 16.6. The maximum Gasteiger partial charge on any atom is 0.330 e. The predicted molar refractivity (Wildman–Crippen MR) is 101 cm³/mol. The van der Waals surface area contributed by atoms with Gasteiger partial charge in [0.15, 0.2) is 6.10 Å². The van der Waals surface area contributed by atoms with Crippen LogP contribution in [0.5, 0.6) is 11.5 Å². The minimum Gasteiger partial charge on any atom is -0.508 e. The Morgan fingerprint density at radius 2 is 1.67 bits per heavy atom. The van der Waals surface area contributed by atoms with Crippen molar-refractivity contribution in [1.29, 1.82) is 0 Å². The fraction of sp³-hybridized carbons (Fsp3) is 0.250. The third-order valence-electron chi connectivity index (χ3n) is 3.36. The van der Waals surface area contributed by atoms with Gasteiger partial charge in [-0.05, 0) is 55.5 Å². The van der Waals surface area contributed by atoms with Crippen LogP contribution in [0.4, 0.5) is 11.4 Å². The zero-order valence-corrected chi connectivity index (χ0v) is 15.1. The van der Waals surface area contributed by atoms with Gasteiger partial charge in [-0.3, -0.25) is 0 Å². The van der Waals surface area contributed by atoms with Crippen LogP contribution in [0.3, 0.4) is 0 Å². The Kier molecular flexibility index (Phi) is 7.99. The Balaban J connectivity index is 1.90. The molecule has 142 valence electrons. The van der Waals surface area contributed by atoms with Gasteiger partial charge in [-0.2, -0.15) is 10.2 Å². The van der Waals surface area contributed by atoms with Gasteiger partial charge in [0.05, 0.1) is 18.0 Å². The van der Waals surface area contributed by atoms with Crippen LogP contribution in [-0.2, 0) is 14.3 Å². The van der Waals surface area contributed by atoms with Crippen LogP contribution in [0.15, 0.2) is 71.4 Å². The van der Waals surface area contributed by atoms with E-state index in [1.54, 1.807) is 48.5 Å². The first-order valence-corrected chi connectivity index (χ1v) is 8.45. The van der Waals surface area contributed by atoms with Gasteiger partial charge in [0, 0.05) is 12.7 Å². The third kappa shape index (κ3) is 7.29. The van der Waals surface area contributed by atoms with E-state index in [2.05, 4.69) is 16.8 Å². The van der Waals surface area contributed by atoms with E-state index in [9.17, 15) is 9.90 Å². The molecule has 0 radical (unpaired) electrons. The molecule has 1 atom stereocenters. The summed E-state index contributed by atoms with van der Waals surface area (Å²) in [5, 5.41) is 17.5. The molecule has 0 bridgehead atoms. The van der Waals surface area contributed by atoms with E-state index in [0.29, 0.717) is 23.7 Å². The quantitative estimate of drug-likeness (QED) is 0.382. The number of ether oxygens (including phenoxy) is 3. The van der Waals surface area contributed by atoms with E-state index in [4.69, 9.17) is 14.2 Å². The fourth-order valence-electron chi connectivity index (χ4n) is 2.01. The lowest BCUT2D eigenvalue weighted by Gasteiger charge is -2.17. The molecule has 0 aliphatic heterocycles. The lowest BCUT2D eigenvalue weighted by atomic mass is 10.3. The zero-order chi connectivity index (χ0) is 19.5. The molecule has 0 spiro atoms. The summed E-state index contributed by atoms with van der Waals surface area (Å²) in [4.78, 5) is 11.4. The van der Waals surface area contributed by atoms with Crippen LogP contribution in [0.25, 0.3) is 0 Å². The number of nitrogens with zero attached hydrogens (tertiary/aromatic N) is 2. The maximum absolute atomic E-state index is 11.4. The van der Waals surface area contributed by atoms with Crippen molar-refractivity contribution in [2.75, 3.05) is 19.8 Å². The molecule has 0 aromatic heterocycles. The topological polar surface area (TPSA) is 89.7 Å². The molecule has 7 heteroatoms. The van der Waals surface area contributed by atoms with Crippen LogP contribution in [-0.4, -0.2) is 37.0 Å². The second-order valence-corrected chi connectivity index (χ2v) is 5.44. The Bertz CT molecular complexity index is 757. The standard InChI is InChI=1S/C20H22N2O5/c1-3-20(24)27-19(13-25-4-2)14-26-18-11-7-16(8-12-18)22-21-15-5-9-17(23)10-6-15/h3,5-12,19,23H,1,4,13-14H2,2H3. The molecule has 27 heavy (non-hydrogen) atoms. The van der Waals surface area contributed by atoms with Crippen molar-refractivity contribution < 1.29 is 24.1 Å². The molecule has 0 aliphatic rings. The van der Waals surface area contributed by atoms with Gasteiger partial charge in [0.25, 0.3) is 0 Å². The van der Waals surface area contributed by atoms with Crippen LogP contribution >= 0.6 is 0 Å². The number of benzene rings is 2. The summed E-state index contributed by atoms with van der Waals surface area (Å²) in [6.45, 7) is 6.16. The predicted octanol–water partition coefficient (Wildman–Crippen LogP) is 4.32. The van der Waals surface area contributed by atoms with Gasteiger partial charge in [-0.25, -0.2) is 4.79 Å². The van der Waals surface area contributed by atoms with E-state index in [0.717, 1.165) is 6.08 Å². The number of aromatic hydroxyl groups is 1. The van der Waals surface area contributed by atoms with Crippen molar-refractivity contribution in [2.45, 2.75) is 13.0 Å². The number of hydrogen-bond acceptors (Lipinski definition) is 7. The number of carbonyl (C=O) groups is 1. The van der Waals surface area contributed by atoms with Crippen molar-refractivity contribution >= 4 is 17.3 Å². The minimum atomic E-state index is -0.524. The van der Waals surface area contributed by atoms with Crippen LogP contribution in [0.2, 0.25) is 0 Å². The van der Waals surface area contributed by atoms with E-state index in [1.807, 2.05) is 6.92 Å². The summed E-state index contributed by atoms with van der Waals surface area (Å²) in [6, 6.07) is 13.4. The van der Waals surface area contributed by atoms with E-state index in [-0.39, 0.29) is 19.0 Å². The maximum atomic E-state index is 11.4. The van der Waals surface area contributed by atoms with Gasteiger partial charge in [0.2, 0.25) is 0 Å². The number of phenols is 1. The Hall–Kier alpha value is -3.19. The van der Waals surface area contributed by atoms with Gasteiger partial charge in [-0.1, -0.05) is 6.58 Å². The van der Waals surface area contributed by atoms with Crippen molar-refractivity contribution in [2.24, 2.45) is 10.2 Å². The molecule has 1 N–H and O–H groups in total. The van der Waals surface area contributed by atoms with Gasteiger partial charge in [-0.15, -0.1) is 0 Å². The largest absolute Gasteiger partial charge is 0.508 e. The number of phenolic OH excluding ortho intramolecular Hbond substituents is 1. The molecular formula is C20H22N2O5. The first kappa shape index (κ1) is 20.1. The Morgan fingerprint density at radius 1 is 1.07 bits per heavy atom. The molecule has 1 unspecified atom stereocenters. The molecule has 0 heterocycles. The highest BCUT2D eigenvalue weighted by Gasteiger charge is 2.14. The molecule has 7 nitrogen and oxygen atoms in total. The summed E-state index contributed by atoms with van der Waals surface area (Å²) in [5.41, 5.74) is 1.29. The zero-order valence-electron chi connectivity index (χ0n) is 15.1. The molecule has 0 amide bonds. The molecular weight excluding hydrogens is 348 g/mol. The average Bonchev–Trinajstić information content (AvgIpc) is 2.70. The van der Waals surface area contributed by atoms with Gasteiger partial charge < -0.3 is 19.3 Å². The third-order valence-corrected chi connectivity index (χ3v) is 3.36. The normalized spacial score (nSPS) is 11.9. The van der Waals surface area contributed by atoms with Crippen molar-refractivity contribution in [1.82, 2.24) is 0 Å². The summed E-state index contributed by atoms with van der Waals surface area (Å²) < 4.78 is 16.1. The molecule has 0 fully saturated rings. The van der Waals surface area contributed by atoms with E-state index < -0.39 is 12.1 Å². The summed E-state index contributed by atoms with van der Waals surface area (Å²) in [6.07, 6.45) is 0.580. The van der Waals surface area contributed by atoms with Crippen LogP contribution in [0, 0.1) is 0 Å². The van der Waals surface area contributed by atoms with Gasteiger partial charge >= 0.3 is 5.97 Å². The second kappa shape index (κ2) is 10.7. The monoisotopic (exact) mass is 370 g/mol. The minimum absolute atomic E-state index is 0.161. The smallest absolute Gasteiger partial charge is 0.330 e. The summed E-state index contributed by atoms with van der Waals surface area (Å²) >= 11 is 0. The highest BCUT2D eigenvalue weighted by Crippen LogP contribution is 2.22. The summed E-state index contributed by atoms with van der Waals surface area (Å²) in [5.74, 6) is 0.264. The number of hydrogen-bond donors (Lipinski definition) is 1. The number of esters is 1. The highest BCUT2D eigenvalue weighted by molar-refractivity contribution is 5.81. The second-order valence-electron chi connectivity index (χ2n) is 5.44. The number of rotatable bonds is 10. The first-order chi connectivity index (χ1) is 13.1. The average molecular weight is 370 g/mol. The molecule has 0 aliphatic carbocycles.